The highest BCUT2D eigenvalue weighted by molar-refractivity contribution is 5.93. The van der Waals surface area contributed by atoms with Crippen molar-refractivity contribution in [3.05, 3.63) is 77.1 Å². The van der Waals surface area contributed by atoms with Gasteiger partial charge in [0.2, 0.25) is 0 Å². The van der Waals surface area contributed by atoms with E-state index in [1.807, 2.05) is 61.5 Å². The van der Waals surface area contributed by atoms with Gasteiger partial charge in [-0.1, -0.05) is 47.7 Å². The fourth-order valence-corrected chi connectivity index (χ4v) is 2.49. The summed E-state index contributed by atoms with van der Waals surface area (Å²) >= 11 is 0. The molecule has 0 saturated carbocycles. The lowest BCUT2D eigenvalue weighted by Crippen LogP contribution is -2.24. The lowest BCUT2D eigenvalue weighted by atomic mass is 10.2. The Labute approximate surface area is 146 Å². The molecule has 3 aromatic rings. The Morgan fingerprint density at radius 1 is 1.08 bits per heavy atom. The first-order chi connectivity index (χ1) is 12.2. The quantitative estimate of drug-likeness (QED) is 0.751. The maximum atomic E-state index is 12.4. The molecule has 6 nitrogen and oxygen atoms in total. The maximum absolute atomic E-state index is 12.4. The molecule has 0 aliphatic heterocycles. The Morgan fingerprint density at radius 2 is 1.80 bits per heavy atom. The van der Waals surface area contributed by atoms with E-state index < -0.39 is 0 Å². The van der Waals surface area contributed by atoms with E-state index in [-0.39, 0.29) is 5.91 Å². The molecule has 0 saturated heterocycles. The first kappa shape index (κ1) is 16.7. The summed E-state index contributed by atoms with van der Waals surface area (Å²) in [5.74, 6) is 0.558. The Kier molecular flexibility index (Phi) is 5.09. The van der Waals surface area contributed by atoms with Crippen LogP contribution in [-0.4, -0.2) is 28.0 Å². The normalized spacial score (nSPS) is 10.5. The Bertz CT molecular complexity index is 842. The summed E-state index contributed by atoms with van der Waals surface area (Å²) in [6.07, 6.45) is 0. The summed E-state index contributed by atoms with van der Waals surface area (Å²) in [5.41, 5.74) is 3.20. The molecule has 0 bridgehead atoms. The third kappa shape index (κ3) is 4.03. The van der Waals surface area contributed by atoms with Gasteiger partial charge in [-0.3, -0.25) is 4.79 Å². The van der Waals surface area contributed by atoms with Crippen LogP contribution in [-0.2, 0) is 13.1 Å². The Morgan fingerprint density at radius 3 is 2.48 bits per heavy atom. The van der Waals surface area contributed by atoms with Crippen LogP contribution in [0.3, 0.4) is 0 Å². The summed E-state index contributed by atoms with van der Waals surface area (Å²) in [7, 11) is 1.62. The molecule has 128 valence electrons. The van der Waals surface area contributed by atoms with Gasteiger partial charge in [-0.25, -0.2) is 4.68 Å². The highest BCUT2D eigenvalue weighted by atomic mass is 16.5. The van der Waals surface area contributed by atoms with Gasteiger partial charge in [-0.2, -0.15) is 0 Å². The average Bonchev–Trinajstić information content (AvgIpc) is 3.01. The van der Waals surface area contributed by atoms with Crippen molar-refractivity contribution in [1.82, 2.24) is 20.3 Å². The van der Waals surface area contributed by atoms with Crippen LogP contribution < -0.4 is 10.1 Å². The van der Waals surface area contributed by atoms with E-state index in [2.05, 4.69) is 15.6 Å². The number of ether oxygens (including phenoxy) is 1. The summed E-state index contributed by atoms with van der Waals surface area (Å²) in [6.45, 7) is 2.87. The zero-order valence-electron chi connectivity index (χ0n) is 14.3. The smallest absolute Gasteiger partial charge is 0.274 e. The second-order valence-corrected chi connectivity index (χ2v) is 5.70. The number of benzene rings is 2. The fraction of sp³-hybridized carbons (Fsp3) is 0.211. The van der Waals surface area contributed by atoms with Gasteiger partial charge in [0.25, 0.3) is 5.91 Å². The summed E-state index contributed by atoms with van der Waals surface area (Å²) in [4.78, 5) is 12.4. The SMILES string of the molecule is COc1ccc(CNC(=O)c2nnn(Cc3ccccc3)c2C)cc1. The van der Waals surface area contributed by atoms with Crippen LogP contribution in [0.25, 0.3) is 0 Å². The maximum Gasteiger partial charge on any atom is 0.274 e. The van der Waals surface area contributed by atoms with Crippen molar-refractivity contribution in [3.63, 3.8) is 0 Å². The molecule has 25 heavy (non-hydrogen) atoms. The second-order valence-electron chi connectivity index (χ2n) is 5.70. The molecule has 1 aromatic heterocycles. The molecule has 1 N–H and O–H groups in total. The predicted molar refractivity (Wildman–Crippen MR) is 94.5 cm³/mol. The van der Waals surface area contributed by atoms with Gasteiger partial charge >= 0.3 is 0 Å². The Hall–Kier alpha value is -3.15. The van der Waals surface area contributed by atoms with Crippen LogP contribution >= 0.6 is 0 Å². The highest BCUT2D eigenvalue weighted by Crippen LogP contribution is 2.12. The number of methoxy groups -OCH3 is 1. The van der Waals surface area contributed by atoms with E-state index in [1.165, 1.54) is 0 Å². The summed E-state index contributed by atoms with van der Waals surface area (Å²) in [6, 6.07) is 17.5. The van der Waals surface area contributed by atoms with Crippen molar-refractivity contribution in [1.29, 1.82) is 0 Å². The molecule has 3 rings (SSSR count). The van der Waals surface area contributed by atoms with E-state index in [0.29, 0.717) is 18.8 Å². The zero-order valence-corrected chi connectivity index (χ0v) is 14.3. The van der Waals surface area contributed by atoms with Gasteiger partial charge in [0, 0.05) is 6.54 Å². The second kappa shape index (κ2) is 7.61. The number of rotatable bonds is 6. The van der Waals surface area contributed by atoms with E-state index in [0.717, 1.165) is 22.6 Å². The van der Waals surface area contributed by atoms with Crippen molar-refractivity contribution in [2.45, 2.75) is 20.0 Å². The van der Waals surface area contributed by atoms with Crippen molar-refractivity contribution < 1.29 is 9.53 Å². The molecule has 0 aliphatic rings. The van der Waals surface area contributed by atoms with Crippen LogP contribution in [0.4, 0.5) is 0 Å². The molecule has 0 fully saturated rings. The number of amides is 1. The number of nitrogens with zero attached hydrogens (tertiary/aromatic N) is 3. The molecule has 0 spiro atoms. The standard InChI is InChI=1S/C19H20N4O2/c1-14-18(21-22-23(14)13-16-6-4-3-5-7-16)19(24)20-12-15-8-10-17(25-2)11-9-15/h3-11H,12-13H2,1-2H3,(H,20,24). The van der Waals surface area contributed by atoms with Crippen LogP contribution in [0.1, 0.15) is 27.3 Å². The van der Waals surface area contributed by atoms with Gasteiger partial charge in [0.1, 0.15) is 5.75 Å². The minimum Gasteiger partial charge on any atom is -0.497 e. The van der Waals surface area contributed by atoms with Crippen LogP contribution in [0, 0.1) is 6.92 Å². The van der Waals surface area contributed by atoms with Gasteiger partial charge in [-0.15, -0.1) is 5.10 Å². The number of nitrogens with one attached hydrogen (secondary N) is 1. The lowest BCUT2D eigenvalue weighted by Gasteiger charge is -2.06. The van der Waals surface area contributed by atoms with Gasteiger partial charge in [0.05, 0.1) is 19.3 Å². The predicted octanol–water partition coefficient (Wildman–Crippen LogP) is 2.57. The van der Waals surface area contributed by atoms with Gasteiger partial charge in [-0.05, 0) is 30.2 Å². The van der Waals surface area contributed by atoms with Gasteiger partial charge in [0.15, 0.2) is 5.69 Å². The minimum absolute atomic E-state index is 0.229. The van der Waals surface area contributed by atoms with Gasteiger partial charge < -0.3 is 10.1 Å². The first-order valence-corrected chi connectivity index (χ1v) is 8.02. The van der Waals surface area contributed by atoms with E-state index >= 15 is 0 Å². The molecular weight excluding hydrogens is 316 g/mol. The van der Waals surface area contributed by atoms with Crippen molar-refractivity contribution in [2.24, 2.45) is 0 Å². The molecule has 0 unspecified atom stereocenters. The molecule has 0 radical (unpaired) electrons. The van der Waals surface area contributed by atoms with Crippen molar-refractivity contribution >= 4 is 5.91 Å². The Balaban J connectivity index is 1.64. The van der Waals surface area contributed by atoms with Crippen molar-refractivity contribution in [3.8, 4) is 5.75 Å². The first-order valence-electron chi connectivity index (χ1n) is 8.02. The summed E-state index contributed by atoms with van der Waals surface area (Å²) < 4.78 is 6.86. The topological polar surface area (TPSA) is 69.0 Å². The van der Waals surface area contributed by atoms with Crippen LogP contribution in [0.15, 0.2) is 54.6 Å². The van der Waals surface area contributed by atoms with Crippen LogP contribution in [0.5, 0.6) is 5.75 Å². The lowest BCUT2D eigenvalue weighted by molar-refractivity contribution is 0.0945. The number of hydrogen-bond acceptors (Lipinski definition) is 4. The monoisotopic (exact) mass is 336 g/mol. The average molecular weight is 336 g/mol. The fourth-order valence-electron chi connectivity index (χ4n) is 2.49. The molecule has 1 heterocycles. The number of carbonyl (C=O) groups is 1. The van der Waals surface area contributed by atoms with Crippen molar-refractivity contribution in [2.75, 3.05) is 7.11 Å². The molecular formula is C19H20N4O2. The van der Waals surface area contributed by atoms with E-state index in [9.17, 15) is 4.79 Å². The number of aromatic nitrogens is 3. The zero-order chi connectivity index (χ0) is 17.6. The molecule has 6 heteroatoms. The highest BCUT2D eigenvalue weighted by Gasteiger charge is 2.16. The summed E-state index contributed by atoms with van der Waals surface area (Å²) in [5, 5.41) is 11.0. The molecule has 0 atom stereocenters. The number of carbonyl (C=O) groups excluding carboxylic acids is 1. The molecule has 2 aromatic carbocycles. The minimum atomic E-state index is -0.229. The molecule has 0 aliphatic carbocycles. The van der Waals surface area contributed by atoms with E-state index in [1.54, 1.807) is 11.8 Å². The third-order valence-electron chi connectivity index (χ3n) is 3.98. The third-order valence-corrected chi connectivity index (χ3v) is 3.98. The number of hydrogen-bond donors (Lipinski definition) is 1. The molecule has 1 amide bonds. The van der Waals surface area contributed by atoms with Crippen LogP contribution in [0.2, 0.25) is 0 Å². The van der Waals surface area contributed by atoms with E-state index in [4.69, 9.17) is 4.74 Å². The largest absolute Gasteiger partial charge is 0.497 e.